The smallest absolute Gasteiger partial charge is 0.420 e. The maximum absolute atomic E-state index is 13.9. The van der Waals surface area contributed by atoms with E-state index >= 15 is 0 Å². The second-order valence-corrected chi connectivity index (χ2v) is 8.24. The van der Waals surface area contributed by atoms with Gasteiger partial charge in [-0.3, -0.25) is 0 Å². The Hall–Kier alpha value is -2.77. The molecule has 2 heterocycles. The van der Waals surface area contributed by atoms with E-state index < -0.39 is 28.7 Å². The van der Waals surface area contributed by atoms with Gasteiger partial charge in [-0.2, -0.15) is 18.3 Å². The second kappa shape index (κ2) is 6.64. The van der Waals surface area contributed by atoms with Gasteiger partial charge in [0.1, 0.15) is 5.56 Å². The summed E-state index contributed by atoms with van der Waals surface area (Å²) in [7, 11) is 0. The van der Waals surface area contributed by atoms with Crippen LogP contribution >= 0.6 is 0 Å². The fourth-order valence-electron chi connectivity index (χ4n) is 3.79. The zero-order valence-corrected chi connectivity index (χ0v) is 16.1. The minimum atomic E-state index is -4.94. The van der Waals surface area contributed by atoms with E-state index in [0.29, 0.717) is 11.1 Å². The molecule has 1 fully saturated rings. The molecule has 0 bridgehead atoms. The van der Waals surface area contributed by atoms with Crippen LogP contribution in [0.5, 0.6) is 5.75 Å². The number of fused-ring (bicyclic) bond motifs is 1. The van der Waals surface area contributed by atoms with Crippen LogP contribution in [0.1, 0.15) is 32.3 Å². The summed E-state index contributed by atoms with van der Waals surface area (Å²) in [6, 6.07) is 8.28. The van der Waals surface area contributed by atoms with Crippen molar-refractivity contribution in [2.45, 2.75) is 32.9 Å². The predicted molar refractivity (Wildman–Crippen MR) is 103 cm³/mol. The van der Waals surface area contributed by atoms with Crippen molar-refractivity contribution in [1.82, 2.24) is 9.78 Å². The van der Waals surface area contributed by atoms with Crippen LogP contribution in [0.3, 0.4) is 0 Å². The number of aromatic nitrogens is 2. The topological polar surface area (TPSA) is 41.3 Å². The Labute approximate surface area is 165 Å². The highest BCUT2D eigenvalue weighted by atomic mass is 19.4. The molecule has 0 radical (unpaired) electrons. The Morgan fingerprint density at radius 3 is 2.21 bits per heavy atom. The summed E-state index contributed by atoms with van der Waals surface area (Å²) in [5, 5.41) is 13.3. The van der Waals surface area contributed by atoms with Gasteiger partial charge in [-0.15, -0.1) is 0 Å². The van der Waals surface area contributed by atoms with E-state index in [4.69, 9.17) is 0 Å². The number of alkyl halides is 3. The van der Waals surface area contributed by atoms with Crippen molar-refractivity contribution in [3.63, 3.8) is 0 Å². The number of halogens is 4. The fourth-order valence-corrected chi connectivity index (χ4v) is 3.79. The van der Waals surface area contributed by atoms with Crippen molar-refractivity contribution in [1.29, 1.82) is 0 Å². The average Bonchev–Trinajstić information content (AvgIpc) is 3.04. The van der Waals surface area contributed by atoms with Crippen LogP contribution in [0, 0.1) is 11.2 Å². The molecular weight excluding hydrogens is 386 g/mol. The number of rotatable bonds is 2. The van der Waals surface area contributed by atoms with Crippen molar-refractivity contribution >= 4 is 16.6 Å². The van der Waals surface area contributed by atoms with Crippen LogP contribution in [0.2, 0.25) is 0 Å². The zero-order chi connectivity index (χ0) is 21.0. The van der Waals surface area contributed by atoms with Crippen molar-refractivity contribution in [3.05, 3.63) is 47.9 Å². The van der Waals surface area contributed by atoms with Gasteiger partial charge in [0.25, 0.3) is 0 Å². The summed E-state index contributed by atoms with van der Waals surface area (Å²) in [4.78, 5) is 2.28. The lowest BCUT2D eigenvalue weighted by Gasteiger charge is -2.38. The van der Waals surface area contributed by atoms with E-state index in [0.717, 1.165) is 43.9 Å². The third kappa shape index (κ3) is 3.52. The number of hydrogen-bond donors (Lipinski definition) is 1. The molecule has 4 rings (SSSR count). The molecule has 1 saturated heterocycles. The van der Waals surface area contributed by atoms with Crippen LogP contribution in [0.15, 0.2) is 36.5 Å². The first kappa shape index (κ1) is 19.5. The Bertz CT molecular complexity index is 1040. The molecule has 0 atom stereocenters. The monoisotopic (exact) mass is 407 g/mol. The number of piperidine rings is 1. The first-order chi connectivity index (χ1) is 13.6. The van der Waals surface area contributed by atoms with Crippen LogP contribution in [0.25, 0.3) is 16.6 Å². The Morgan fingerprint density at radius 1 is 1.03 bits per heavy atom. The van der Waals surface area contributed by atoms with Crippen molar-refractivity contribution in [2.75, 3.05) is 18.0 Å². The molecule has 1 aliphatic heterocycles. The van der Waals surface area contributed by atoms with E-state index in [1.807, 2.05) is 12.1 Å². The second-order valence-electron chi connectivity index (χ2n) is 8.24. The lowest BCUT2D eigenvalue weighted by atomic mass is 9.82. The molecule has 3 aromatic rings. The Balaban J connectivity index is 1.70. The molecule has 2 aromatic carbocycles. The van der Waals surface area contributed by atoms with Crippen LogP contribution in [-0.2, 0) is 6.18 Å². The molecular formula is C21H21F4N3O. The Kier molecular flexibility index (Phi) is 4.47. The predicted octanol–water partition coefficient (Wildman–Crippen LogP) is 5.52. The number of aromatic hydroxyl groups is 1. The standard InChI is InChI=1S/C21H21F4N3O/c1-20(2)7-9-27(10-8-20)13-3-5-14(6-4-13)28-16-11-17(29)19(22)18(21(23,24)25)15(16)12-26-28/h3-6,11-12,29H,7-10H2,1-2H3. The first-order valence-electron chi connectivity index (χ1n) is 9.39. The average molecular weight is 407 g/mol. The van der Waals surface area contributed by atoms with Crippen LogP contribution in [-0.4, -0.2) is 28.0 Å². The van der Waals surface area contributed by atoms with Gasteiger partial charge in [0.2, 0.25) is 0 Å². The van der Waals surface area contributed by atoms with E-state index in [1.165, 1.54) is 4.68 Å². The van der Waals surface area contributed by atoms with Crippen LogP contribution in [0.4, 0.5) is 23.2 Å². The van der Waals surface area contributed by atoms with Gasteiger partial charge in [0.15, 0.2) is 11.6 Å². The number of nitrogens with zero attached hydrogens (tertiary/aromatic N) is 3. The molecule has 4 nitrogen and oxygen atoms in total. The lowest BCUT2D eigenvalue weighted by Crippen LogP contribution is -2.37. The van der Waals surface area contributed by atoms with Crippen molar-refractivity contribution in [3.8, 4) is 11.4 Å². The highest BCUT2D eigenvalue weighted by Gasteiger charge is 2.38. The Morgan fingerprint density at radius 2 is 1.62 bits per heavy atom. The number of hydrogen-bond acceptors (Lipinski definition) is 3. The number of benzene rings is 2. The lowest BCUT2D eigenvalue weighted by molar-refractivity contribution is -0.138. The summed E-state index contributed by atoms with van der Waals surface area (Å²) < 4.78 is 55.1. The third-order valence-electron chi connectivity index (χ3n) is 5.65. The quantitative estimate of drug-likeness (QED) is 0.569. The molecule has 0 spiro atoms. The van der Waals surface area contributed by atoms with Gasteiger partial charge in [0.05, 0.1) is 17.4 Å². The van der Waals surface area contributed by atoms with E-state index in [1.54, 1.807) is 12.1 Å². The van der Waals surface area contributed by atoms with E-state index in [9.17, 15) is 22.7 Å². The van der Waals surface area contributed by atoms with Crippen molar-refractivity contribution < 1.29 is 22.7 Å². The molecule has 1 aliphatic rings. The highest BCUT2D eigenvalue weighted by Crippen LogP contribution is 2.40. The van der Waals surface area contributed by atoms with Gasteiger partial charge >= 0.3 is 6.18 Å². The number of phenolic OH excluding ortho intramolecular Hbond substituents is 1. The minimum Gasteiger partial charge on any atom is -0.505 e. The largest absolute Gasteiger partial charge is 0.505 e. The summed E-state index contributed by atoms with van der Waals surface area (Å²) in [5.74, 6) is -2.74. The molecule has 29 heavy (non-hydrogen) atoms. The van der Waals surface area contributed by atoms with Gasteiger partial charge in [-0.05, 0) is 42.5 Å². The number of anilines is 1. The minimum absolute atomic E-state index is 0.0105. The molecule has 8 heteroatoms. The van der Waals surface area contributed by atoms with Gasteiger partial charge in [-0.25, -0.2) is 9.07 Å². The normalized spacial score (nSPS) is 17.1. The number of phenols is 1. The van der Waals surface area contributed by atoms with Gasteiger partial charge < -0.3 is 10.0 Å². The fraction of sp³-hybridized carbons (Fsp3) is 0.381. The zero-order valence-electron chi connectivity index (χ0n) is 16.1. The molecule has 0 amide bonds. The molecule has 154 valence electrons. The third-order valence-corrected chi connectivity index (χ3v) is 5.65. The molecule has 1 aromatic heterocycles. The van der Waals surface area contributed by atoms with Crippen LogP contribution < -0.4 is 4.90 Å². The summed E-state index contributed by atoms with van der Waals surface area (Å²) >= 11 is 0. The molecule has 1 N–H and O–H groups in total. The highest BCUT2D eigenvalue weighted by molar-refractivity contribution is 5.86. The van der Waals surface area contributed by atoms with Gasteiger partial charge in [-0.1, -0.05) is 13.8 Å². The van der Waals surface area contributed by atoms with Crippen molar-refractivity contribution in [2.24, 2.45) is 5.41 Å². The summed E-state index contributed by atoms with van der Waals surface area (Å²) in [5.41, 5.74) is 0.374. The molecule has 0 aliphatic carbocycles. The first-order valence-corrected chi connectivity index (χ1v) is 9.39. The van der Waals surface area contributed by atoms with E-state index in [2.05, 4.69) is 23.8 Å². The van der Waals surface area contributed by atoms with Gasteiger partial charge in [0, 0.05) is 30.2 Å². The summed E-state index contributed by atoms with van der Waals surface area (Å²) in [6.45, 7) is 6.39. The SMILES string of the molecule is CC1(C)CCN(c2ccc(-n3ncc4c(C(F)(F)F)c(F)c(O)cc43)cc2)CC1. The maximum atomic E-state index is 13.9. The molecule has 0 unspecified atom stereocenters. The van der Waals surface area contributed by atoms with E-state index in [-0.39, 0.29) is 5.52 Å². The molecule has 0 saturated carbocycles. The summed E-state index contributed by atoms with van der Waals surface area (Å²) in [6.07, 6.45) is -1.80. The maximum Gasteiger partial charge on any atom is 0.420 e.